The number of hydrogen-bond donors (Lipinski definition) is 1. The van der Waals surface area contributed by atoms with Crippen molar-refractivity contribution in [2.75, 3.05) is 19.6 Å². The molecule has 0 radical (unpaired) electrons. The minimum absolute atomic E-state index is 0.118. The molecule has 1 aromatic carbocycles. The maximum atomic E-state index is 12.8. The van der Waals surface area contributed by atoms with E-state index in [4.69, 9.17) is 4.42 Å². The number of nitrogens with zero attached hydrogens (tertiary/aromatic N) is 1. The van der Waals surface area contributed by atoms with E-state index in [1.807, 2.05) is 24.3 Å². The molecule has 0 saturated heterocycles. The largest absolute Gasteiger partial charge is 0.468 e. The summed E-state index contributed by atoms with van der Waals surface area (Å²) in [4.78, 5) is 2.55. The zero-order valence-corrected chi connectivity index (χ0v) is 16.4. The molecule has 1 atom stereocenters. The first-order valence-electron chi connectivity index (χ1n) is 9.44. The third kappa shape index (κ3) is 4.19. The lowest BCUT2D eigenvalue weighted by molar-refractivity contribution is 0.194. The molecule has 0 amide bonds. The van der Waals surface area contributed by atoms with E-state index in [1.165, 1.54) is 17.5 Å². The number of sulfonamides is 1. The van der Waals surface area contributed by atoms with E-state index in [0.29, 0.717) is 4.90 Å². The first-order valence-corrected chi connectivity index (χ1v) is 10.9. The third-order valence-corrected chi connectivity index (χ3v) is 6.64. The van der Waals surface area contributed by atoms with Crippen molar-refractivity contribution in [1.29, 1.82) is 0 Å². The van der Waals surface area contributed by atoms with Gasteiger partial charge in [0.05, 0.1) is 17.2 Å². The monoisotopic (exact) mass is 376 g/mol. The van der Waals surface area contributed by atoms with Crippen LogP contribution in [0.1, 0.15) is 49.6 Å². The van der Waals surface area contributed by atoms with Crippen molar-refractivity contribution >= 4 is 10.0 Å². The van der Waals surface area contributed by atoms with Gasteiger partial charge in [-0.05, 0) is 74.2 Å². The van der Waals surface area contributed by atoms with Gasteiger partial charge in [0.1, 0.15) is 5.76 Å². The summed E-state index contributed by atoms with van der Waals surface area (Å²) in [6.45, 7) is 6.06. The fraction of sp³-hybridized carbons (Fsp3) is 0.500. The lowest BCUT2D eigenvalue weighted by Gasteiger charge is -2.28. The van der Waals surface area contributed by atoms with Gasteiger partial charge in [-0.15, -0.1) is 0 Å². The van der Waals surface area contributed by atoms with Crippen molar-refractivity contribution in [2.45, 2.75) is 50.5 Å². The van der Waals surface area contributed by atoms with E-state index < -0.39 is 10.0 Å². The summed E-state index contributed by atoms with van der Waals surface area (Å²) in [7, 11) is -3.55. The molecule has 1 aliphatic carbocycles. The van der Waals surface area contributed by atoms with Crippen LogP contribution >= 0.6 is 0 Å². The molecule has 26 heavy (non-hydrogen) atoms. The highest BCUT2D eigenvalue weighted by molar-refractivity contribution is 7.89. The lowest BCUT2D eigenvalue weighted by atomic mass is 9.92. The highest BCUT2D eigenvalue weighted by Crippen LogP contribution is 2.25. The Kier molecular flexibility index (Phi) is 6.16. The molecule has 1 aliphatic rings. The van der Waals surface area contributed by atoms with Gasteiger partial charge in [-0.1, -0.05) is 19.9 Å². The zero-order valence-electron chi connectivity index (χ0n) is 15.6. The van der Waals surface area contributed by atoms with Gasteiger partial charge < -0.3 is 4.42 Å². The summed E-state index contributed by atoms with van der Waals surface area (Å²) in [6.07, 6.45) is 5.96. The molecule has 1 heterocycles. The molecule has 3 rings (SSSR count). The van der Waals surface area contributed by atoms with Crippen LogP contribution < -0.4 is 4.72 Å². The Balaban J connectivity index is 1.77. The van der Waals surface area contributed by atoms with Crippen molar-refractivity contribution in [3.63, 3.8) is 0 Å². The van der Waals surface area contributed by atoms with Gasteiger partial charge in [0.25, 0.3) is 0 Å². The minimum atomic E-state index is -3.55. The molecule has 142 valence electrons. The first-order chi connectivity index (χ1) is 12.5. The van der Waals surface area contributed by atoms with Gasteiger partial charge >= 0.3 is 0 Å². The maximum Gasteiger partial charge on any atom is 0.240 e. The fourth-order valence-corrected chi connectivity index (χ4v) is 4.79. The standard InChI is InChI=1S/C20H28N2O3S/c1-3-22(4-2)19(20-10-7-13-25-20)15-21-26(23,24)18-12-11-16-8-5-6-9-17(16)14-18/h7,10-14,19,21H,3-6,8-9,15H2,1-2H3. The Labute approximate surface area is 156 Å². The predicted molar refractivity (Wildman–Crippen MR) is 103 cm³/mol. The summed E-state index contributed by atoms with van der Waals surface area (Å²) >= 11 is 0. The van der Waals surface area contributed by atoms with Crippen LogP contribution in [0.5, 0.6) is 0 Å². The van der Waals surface area contributed by atoms with Crippen LogP contribution in [0.3, 0.4) is 0 Å². The maximum absolute atomic E-state index is 12.8. The third-order valence-electron chi connectivity index (χ3n) is 5.22. The Morgan fingerprint density at radius 2 is 1.85 bits per heavy atom. The number of furan rings is 1. The van der Waals surface area contributed by atoms with Gasteiger partial charge in [0.2, 0.25) is 10.0 Å². The van der Waals surface area contributed by atoms with Crippen LogP contribution in [0.2, 0.25) is 0 Å². The highest BCUT2D eigenvalue weighted by Gasteiger charge is 2.24. The number of benzene rings is 1. The Bertz CT molecular complexity index is 812. The number of rotatable bonds is 8. The average molecular weight is 377 g/mol. The number of hydrogen-bond acceptors (Lipinski definition) is 4. The molecule has 0 saturated carbocycles. The molecule has 0 spiro atoms. The van der Waals surface area contributed by atoms with E-state index >= 15 is 0 Å². The van der Waals surface area contributed by atoms with Crippen LogP contribution in [0.25, 0.3) is 0 Å². The molecule has 2 aromatic rings. The van der Waals surface area contributed by atoms with Gasteiger partial charge in [-0.3, -0.25) is 4.90 Å². The zero-order chi connectivity index (χ0) is 18.6. The van der Waals surface area contributed by atoms with Crippen molar-refractivity contribution in [3.05, 3.63) is 53.5 Å². The molecule has 1 N–H and O–H groups in total. The summed E-state index contributed by atoms with van der Waals surface area (Å²) in [5.74, 6) is 0.779. The fourth-order valence-electron chi connectivity index (χ4n) is 3.70. The summed E-state index contributed by atoms with van der Waals surface area (Å²) in [5, 5.41) is 0. The molecule has 0 fully saturated rings. The average Bonchev–Trinajstić information content (AvgIpc) is 3.19. The van der Waals surface area contributed by atoms with Gasteiger partial charge in [0, 0.05) is 6.54 Å². The van der Waals surface area contributed by atoms with Crippen LogP contribution in [-0.2, 0) is 22.9 Å². The number of aryl methyl sites for hydroxylation is 2. The van der Waals surface area contributed by atoms with Crippen LogP contribution in [0, 0.1) is 0 Å². The quantitative estimate of drug-likeness (QED) is 0.766. The van der Waals surface area contributed by atoms with Crippen LogP contribution in [-0.4, -0.2) is 33.0 Å². The van der Waals surface area contributed by atoms with E-state index in [2.05, 4.69) is 23.5 Å². The minimum Gasteiger partial charge on any atom is -0.468 e. The van der Waals surface area contributed by atoms with Gasteiger partial charge in [-0.2, -0.15) is 0 Å². The normalized spacial score (nSPS) is 15.8. The number of fused-ring (bicyclic) bond motifs is 1. The molecule has 5 nitrogen and oxygen atoms in total. The molecular weight excluding hydrogens is 348 g/mol. The molecular formula is C20H28N2O3S. The van der Waals surface area contributed by atoms with Crippen molar-refractivity contribution in [2.24, 2.45) is 0 Å². The van der Waals surface area contributed by atoms with Gasteiger partial charge in [0.15, 0.2) is 0 Å². The van der Waals surface area contributed by atoms with Crippen molar-refractivity contribution in [1.82, 2.24) is 9.62 Å². The summed E-state index contributed by atoms with van der Waals surface area (Å²) in [6, 6.07) is 9.16. The lowest BCUT2D eigenvalue weighted by Crippen LogP contribution is -2.38. The summed E-state index contributed by atoms with van der Waals surface area (Å²) in [5.41, 5.74) is 2.46. The Morgan fingerprint density at radius 3 is 2.50 bits per heavy atom. The van der Waals surface area contributed by atoms with Crippen LogP contribution in [0.4, 0.5) is 0 Å². The van der Waals surface area contributed by atoms with Crippen molar-refractivity contribution in [3.8, 4) is 0 Å². The Hall–Kier alpha value is -1.63. The molecule has 1 unspecified atom stereocenters. The topological polar surface area (TPSA) is 62.6 Å². The van der Waals surface area contributed by atoms with E-state index in [1.54, 1.807) is 12.3 Å². The summed E-state index contributed by atoms with van der Waals surface area (Å²) < 4.78 is 34.0. The second-order valence-corrected chi connectivity index (χ2v) is 8.51. The SMILES string of the molecule is CCN(CC)C(CNS(=O)(=O)c1ccc2c(c1)CCCC2)c1ccco1. The first kappa shape index (κ1) is 19.1. The number of nitrogens with one attached hydrogen (secondary N) is 1. The number of likely N-dealkylation sites (N-methyl/N-ethyl adjacent to an activating group) is 1. The molecule has 0 aliphatic heterocycles. The van der Waals surface area contributed by atoms with Gasteiger partial charge in [-0.25, -0.2) is 13.1 Å². The molecule has 1 aromatic heterocycles. The molecule has 0 bridgehead atoms. The molecule has 6 heteroatoms. The second-order valence-electron chi connectivity index (χ2n) is 6.74. The van der Waals surface area contributed by atoms with E-state index in [-0.39, 0.29) is 12.6 Å². The van der Waals surface area contributed by atoms with E-state index in [9.17, 15) is 8.42 Å². The smallest absolute Gasteiger partial charge is 0.240 e. The highest BCUT2D eigenvalue weighted by atomic mass is 32.2. The van der Waals surface area contributed by atoms with E-state index in [0.717, 1.165) is 38.1 Å². The van der Waals surface area contributed by atoms with Crippen molar-refractivity contribution < 1.29 is 12.8 Å². The predicted octanol–water partition coefficient (Wildman–Crippen LogP) is 3.52. The second kappa shape index (κ2) is 8.37. The van der Waals surface area contributed by atoms with Crippen LogP contribution in [0.15, 0.2) is 45.9 Å². The Morgan fingerprint density at radius 1 is 1.12 bits per heavy atom.